The molecule has 1 aliphatic heterocycles. The Balaban J connectivity index is 1.61. The summed E-state index contributed by atoms with van der Waals surface area (Å²) in [6, 6.07) is 6.52. The maximum absolute atomic E-state index is 4.61. The van der Waals surface area contributed by atoms with Crippen molar-refractivity contribution in [2.75, 3.05) is 29.9 Å². The summed E-state index contributed by atoms with van der Waals surface area (Å²) >= 11 is 1.49. The molecule has 6 heteroatoms. The third-order valence-corrected chi connectivity index (χ3v) is 4.45. The van der Waals surface area contributed by atoms with E-state index in [1.54, 1.807) is 0 Å². The number of hydrogen-bond acceptors (Lipinski definition) is 6. The molecule has 0 N–H and O–H groups in total. The molecule has 0 unspecified atom stereocenters. The van der Waals surface area contributed by atoms with Crippen molar-refractivity contribution in [3.8, 4) is 0 Å². The van der Waals surface area contributed by atoms with Gasteiger partial charge in [-0.05, 0) is 12.1 Å². The molecule has 0 aromatic carbocycles. The highest BCUT2D eigenvalue weighted by molar-refractivity contribution is 7.09. The topological polar surface area (TPSA) is 45.2 Å². The fraction of sp³-hybridized carbons (Fsp3) is 0.500. The predicted octanol–water partition coefficient (Wildman–Crippen LogP) is 2.38. The Labute approximate surface area is 123 Å². The van der Waals surface area contributed by atoms with Crippen LogP contribution in [0.15, 0.2) is 24.4 Å². The second-order valence-electron chi connectivity index (χ2n) is 5.45. The minimum Gasteiger partial charge on any atom is -0.352 e. The van der Waals surface area contributed by atoms with E-state index in [2.05, 4.69) is 51.1 Å². The lowest BCUT2D eigenvalue weighted by molar-refractivity contribution is 0.491. The molecule has 0 aliphatic carbocycles. The molecule has 0 saturated carbocycles. The molecule has 1 aliphatic rings. The van der Waals surface area contributed by atoms with Gasteiger partial charge in [0.05, 0.1) is 6.04 Å². The monoisotopic (exact) mass is 289 g/mol. The number of hydrogen-bond donors (Lipinski definition) is 0. The predicted molar refractivity (Wildman–Crippen MR) is 82.6 cm³/mol. The van der Waals surface area contributed by atoms with E-state index < -0.39 is 0 Å². The number of rotatable bonds is 4. The summed E-state index contributed by atoms with van der Waals surface area (Å²) in [5.41, 5.74) is 0. The van der Waals surface area contributed by atoms with E-state index in [1.807, 2.05) is 18.3 Å². The zero-order valence-electron chi connectivity index (χ0n) is 12.0. The molecule has 3 rings (SSSR count). The van der Waals surface area contributed by atoms with Crippen molar-refractivity contribution in [2.45, 2.75) is 25.8 Å². The maximum Gasteiger partial charge on any atom is 0.205 e. The Morgan fingerprint density at radius 1 is 1.35 bits per heavy atom. The molecule has 1 saturated heterocycles. The van der Waals surface area contributed by atoms with Crippen LogP contribution in [0.25, 0.3) is 0 Å². The van der Waals surface area contributed by atoms with Gasteiger partial charge < -0.3 is 9.80 Å². The zero-order chi connectivity index (χ0) is 14.1. The molecule has 2 aromatic heterocycles. The standard InChI is InChI=1S/C14H19N5S/c1-10(2)13-16-14(20-17-13)18(3)11-8-19(9-11)12-6-4-5-7-15-12/h4-7,10-11H,8-9H2,1-3H3. The number of likely N-dealkylation sites (N-methyl/N-ethyl adjacent to an activating group) is 1. The van der Waals surface area contributed by atoms with E-state index in [4.69, 9.17) is 0 Å². The smallest absolute Gasteiger partial charge is 0.205 e. The Hall–Kier alpha value is -1.69. The van der Waals surface area contributed by atoms with Crippen molar-refractivity contribution in [1.29, 1.82) is 0 Å². The maximum atomic E-state index is 4.61. The lowest BCUT2D eigenvalue weighted by atomic mass is 10.1. The largest absolute Gasteiger partial charge is 0.352 e. The highest BCUT2D eigenvalue weighted by Crippen LogP contribution is 2.27. The minimum absolute atomic E-state index is 0.389. The number of nitrogens with zero attached hydrogens (tertiary/aromatic N) is 5. The van der Waals surface area contributed by atoms with Crippen LogP contribution in [0.4, 0.5) is 10.9 Å². The molecule has 1 fully saturated rings. The van der Waals surface area contributed by atoms with Gasteiger partial charge in [0.25, 0.3) is 0 Å². The normalized spacial score (nSPS) is 15.5. The summed E-state index contributed by atoms with van der Waals surface area (Å²) in [5, 5.41) is 1.01. The highest BCUT2D eigenvalue weighted by atomic mass is 32.1. The summed E-state index contributed by atoms with van der Waals surface area (Å²) in [5.74, 6) is 2.38. The van der Waals surface area contributed by atoms with E-state index in [0.29, 0.717) is 12.0 Å². The van der Waals surface area contributed by atoms with Gasteiger partial charge in [0.15, 0.2) is 0 Å². The van der Waals surface area contributed by atoms with Gasteiger partial charge in [-0.1, -0.05) is 19.9 Å². The molecule has 0 spiro atoms. The highest BCUT2D eigenvalue weighted by Gasteiger charge is 2.32. The number of aromatic nitrogens is 3. The Morgan fingerprint density at radius 2 is 2.15 bits per heavy atom. The van der Waals surface area contributed by atoms with Crippen molar-refractivity contribution in [1.82, 2.24) is 14.3 Å². The molecule has 0 radical (unpaired) electrons. The van der Waals surface area contributed by atoms with Crippen molar-refractivity contribution >= 4 is 22.5 Å². The van der Waals surface area contributed by atoms with E-state index in [0.717, 1.165) is 29.9 Å². The summed E-state index contributed by atoms with van der Waals surface area (Å²) < 4.78 is 4.42. The zero-order valence-corrected chi connectivity index (χ0v) is 12.8. The van der Waals surface area contributed by atoms with Gasteiger partial charge in [0.1, 0.15) is 11.6 Å². The van der Waals surface area contributed by atoms with Crippen LogP contribution in [0.2, 0.25) is 0 Å². The van der Waals surface area contributed by atoms with Gasteiger partial charge in [-0.3, -0.25) is 0 Å². The average molecular weight is 289 g/mol. The van der Waals surface area contributed by atoms with Crippen molar-refractivity contribution in [2.24, 2.45) is 0 Å². The summed E-state index contributed by atoms with van der Waals surface area (Å²) in [6.45, 7) is 6.23. The lowest BCUT2D eigenvalue weighted by Crippen LogP contribution is -2.59. The first-order valence-corrected chi connectivity index (χ1v) is 7.65. The fourth-order valence-corrected chi connectivity index (χ4v) is 3.03. The third-order valence-electron chi connectivity index (χ3n) is 3.63. The fourth-order valence-electron chi connectivity index (χ4n) is 2.19. The molecule has 5 nitrogen and oxygen atoms in total. The second-order valence-corrected chi connectivity index (χ2v) is 6.18. The van der Waals surface area contributed by atoms with Crippen molar-refractivity contribution < 1.29 is 0 Å². The molecule has 0 amide bonds. The molecule has 20 heavy (non-hydrogen) atoms. The third kappa shape index (κ3) is 2.47. The Kier molecular flexibility index (Phi) is 3.56. The first-order chi connectivity index (χ1) is 9.65. The average Bonchev–Trinajstić information content (AvgIpc) is 2.88. The van der Waals surface area contributed by atoms with E-state index in [1.165, 1.54) is 11.5 Å². The van der Waals surface area contributed by atoms with Gasteiger partial charge in [0, 0.05) is 43.8 Å². The van der Waals surface area contributed by atoms with Crippen LogP contribution in [0, 0.1) is 0 Å². The van der Waals surface area contributed by atoms with Gasteiger partial charge in [-0.15, -0.1) is 0 Å². The number of anilines is 2. The summed E-state index contributed by atoms with van der Waals surface area (Å²) in [6.07, 6.45) is 1.84. The van der Waals surface area contributed by atoms with Crippen LogP contribution in [0.3, 0.4) is 0 Å². The van der Waals surface area contributed by atoms with Crippen LogP contribution in [0.5, 0.6) is 0 Å². The van der Waals surface area contributed by atoms with E-state index in [-0.39, 0.29) is 0 Å². The molecule has 2 aromatic rings. The first-order valence-electron chi connectivity index (χ1n) is 6.87. The quantitative estimate of drug-likeness (QED) is 0.864. The molecule has 3 heterocycles. The molecular formula is C14H19N5S. The number of pyridine rings is 1. The molecule has 0 atom stereocenters. The van der Waals surface area contributed by atoms with Crippen molar-refractivity contribution in [3.05, 3.63) is 30.2 Å². The van der Waals surface area contributed by atoms with E-state index >= 15 is 0 Å². The molecular weight excluding hydrogens is 270 g/mol. The first kappa shape index (κ1) is 13.3. The van der Waals surface area contributed by atoms with E-state index in [9.17, 15) is 0 Å². The van der Waals surface area contributed by atoms with Crippen LogP contribution >= 0.6 is 11.5 Å². The van der Waals surface area contributed by atoms with Gasteiger partial charge in [-0.2, -0.15) is 4.37 Å². The summed E-state index contributed by atoms with van der Waals surface area (Å²) in [7, 11) is 2.10. The van der Waals surface area contributed by atoms with Crippen LogP contribution < -0.4 is 9.80 Å². The Bertz CT molecular complexity index is 562. The SMILES string of the molecule is CC(C)c1nsc(N(C)C2CN(c3ccccn3)C2)n1. The molecule has 106 valence electrons. The second kappa shape index (κ2) is 5.36. The van der Waals surface area contributed by atoms with Crippen LogP contribution in [-0.2, 0) is 0 Å². The Morgan fingerprint density at radius 3 is 2.75 bits per heavy atom. The minimum atomic E-state index is 0.389. The van der Waals surface area contributed by atoms with Crippen molar-refractivity contribution in [3.63, 3.8) is 0 Å². The van der Waals surface area contributed by atoms with Gasteiger partial charge in [0.2, 0.25) is 5.13 Å². The molecule has 0 bridgehead atoms. The van der Waals surface area contributed by atoms with Crippen LogP contribution in [0.1, 0.15) is 25.6 Å². The summed E-state index contributed by atoms with van der Waals surface area (Å²) in [4.78, 5) is 13.5. The van der Waals surface area contributed by atoms with Gasteiger partial charge >= 0.3 is 0 Å². The lowest BCUT2D eigenvalue weighted by Gasteiger charge is -2.44. The van der Waals surface area contributed by atoms with Crippen LogP contribution in [-0.4, -0.2) is 40.5 Å². The van der Waals surface area contributed by atoms with Gasteiger partial charge in [-0.25, -0.2) is 9.97 Å².